The van der Waals surface area contributed by atoms with E-state index < -0.39 is 6.23 Å². The number of rotatable bonds is 6. The van der Waals surface area contributed by atoms with Gasteiger partial charge < -0.3 is 15.4 Å². The summed E-state index contributed by atoms with van der Waals surface area (Å²) >= 11 is 0. The van der Waals surface area contributed by atoms with Crippen molar-refractivity contribution >= 4 is 27.8 Å². The molecule has 0 saturated heterocycles. The predicted molar refractivity (Wildman–Crippen MR) is 145 cm³/mol. The van der Waals surface area contributed by atoms with E-state index in [-0.39, 0.29) is 5.92 Å². The summed E-state index contributed by atoms with van der Waals surface area (Å²) in [6.07, 6.45) is 12.6. The minimum Gasteiger partial charge on any atom is -0.374 e. The van der Waals surface area contributed by atoms with Crippen molar-refractivity contribution < 1.29 is 5.11 Å². The molecule has 0 bridgehead atoms. The first-order valence-corrected chi connectivity index (χ1v) is 12.7. The van der Waals surface area contributed by atoms with Gasteiger partial charge in [0.1, 0.15) is 17.3 Å². The molecular weight excluding hydrogens is 478 g/mol. The predicted octanol–water partition coefficient (Wildman–Crippen LogP) is 4.94. The minimum atomic E-state index is -0.580. The first kappa shape index (κ1) is 22.5. The molecule has 1 aliphatic carbocycles. The lowest BCUT2D eigenvalue weighted by atomic mass is 10.1. The molecule has 7 rings (SSSR count). The fourth-order valence-electron chi connectivity index (χ4n) is 5.20. The third kappa shape index (κ3) is 4.04. The van der Waals surface area contributed by atoms with Gasteiger partial charge in [0.2, 0.25) is 0 Å². The molecule has 0 spiro atoms. The van der Waals surface area contributed by atoms with Crippen LogP contribution in [0.15, 0.2) is 67.4 Å². The number of nitrogens with one attached hydrogen (secondary N) is 3. The van der Waals surface area contributed by atoms with Crippen molar-refractivity contribution in [3.05, 3.63) is 67.4 Å². The molecule has 38 heavy (non-hydrogen) atoms. The quantitative estimate of drug-likeness (QED) is 0.234. The van der Waals surface area contributed by atoms with E-state index in [9.17, 15) is 5.11 Å². The van der Waals surface area contributed by atoms with Crippen molar-refractivity contribution in [1.82, 2.24) is 40.1 Å². The number of pyridine rings is 4. The fourth-order valence-corrected chi connectivity index (χ4v) is 5.20. The third-order valence-corrected chi connectivity index (χ3v) is 7.16. The molecule has 0 radical (unpaired) electrons. The molecule has 10 nitrogen and oxygen atoms in total. The molecular formula is C28H25N9O. The van der Waals surface area contributed by atoms with E-state index in [2.05, 4.69) is 35.5 Å². The number of aliphatic hydroxyl groups excluding tert-OH is 1. The lowest BCUT2D eigenvalue weighted by Crippen LogP contribution is -2.26. The van der Waals surface area contributed by atoms with Gasteiger partial charge in [-0.15, -0.1) is 0 Å². The molecule has 188 valence electrons. The van der Waals surface area contributed by atoms with Crippen molar-refractivity contribution in [2.45, 2.75) is 31.9 Å². The van der Waals surface area contributed by atoms with Crippen LogP contribution >= 0.6 is 0 Å². The van der Waals surface area contributed by atoms with Crippen LogP contribution in [-0.2, 0) is 0 Å². The zero-order valence-electron chi connectivity index (χ0n) is 20.5. The fraction of sp³-hybridized carbons (Fsp3) is 0.214. The number of hydrogen-bond acceptors (Lipinski definition) is 8. The Morgan fingerprint density at radius 2 is 1.79 bits per heavy atom. The monoisotopic (exact) mass is 503 g/mol. The first-order chi connectivity index (χ1) is 18.7. The van der Waals surface area contributed by atoms with Crippen LogP contribution in [0.3, 0.4) is 0 Å². The van der Waals surface area contributed by atoms with Crippen molar-refractivity contribution in [2.24, 2.45) is 5.92 Å². The number of aliphatic hydroxyl groups is 1. The highest BCUT2D eigenvalue weighted by Crippen LogP contribution is 2.32. The van der Waals surface area contributed by atoms with E-state index in [1.807, 2.05) is 36.4 Å². The zero-order chi connectivity index (χ0) is 25.5. The van der Waals surface area contributed by atoms with Gasteiger partial charge in [0.25, 0.3) is 0 Å². The summed E-state index contributed by atoms with van der Waals surface area (Å²) in [7, 11) is 0. The molecule has 0 aliphatic heterocycles. The van der Waals surface area contributed by atoms with Crippen molar-refractivity contribution in [3.8, 4) is 34.0 Å². The number of aromatic nitrogens is 8. The van der Waals surface area contributed by atoms with E-state index in [0.717, 1.165) is 57.6 Å². The molecule has 1 aliphatic rings. The van der Waals surface area contributed by atoms with Gasteiger partial charge in [-0.2, -0.15) is 5.10 Å². The average molecular weight is 504 g/mol. The lowest BCUT2D eigenvalue weighted by Gasteiger charge is -2.20. The number of aromatic amines is 2. The van der Waals surface area contributed by atoms with E-state index in [4.69, 9.17) is 9.97 Å². The van der Waals surface area contributed by atoms with Crippen LogP contribution in [0, 0.1) is 5.92 Å². The Morgan fingerprint density at radius 3 is 2.66 bits per heavy atom. The number of hydrogen-bond donors (Lipinski definition) is 4. The summed E-state index contributed by atoms with van der Waals surface area (Å²) in [5.74, 6) is 0.869. The molecule has 1 unspecified atom stereocenters. The summed E-state index contributed by atoms with van der Waals surface area (Å²) < 4.78 is 0. The molecule has 1 saturated carbocycles. The molecule has 0 amide bonds. The highest BCUT2D eigenvalue weighted by Gasteiger charge is 2.23. The van der Waals surface area contributed by atoms with Gasteiger partial charge in [0.15, 0.2) is 11.5 Å². The topological polar surface area (TPSA) is 141 Å². The summed E-state index contributed by atoms with van der Waals surface area (Å²) in [6, 6.07) is 11.6. The first-order valence-electron chi connectivity index (χ1n) is 12.7. The molecule has 1 fully saturated rings. The number of anilines is 1. The van der Waals surface area contributed by atoms with Crippen LogP contribution in [0.25, 0.3) is 56.1 Å². The second-order valence-electron chi connectivity index (χ2n) is 9.64. The zero-order valence-corrected chi connectivity index (χ0v) is 20.5. The number of nitrogens with zero attached hydrogens (tertiary/aromatic N) is 6. The Kier molecular flexibility index (Phi) is 5.51. The molecule has 6 heterocycles. The maximum Gasteiger partial charge on any atom is 0.161 e. The van der Waals surface area contributed by atoms with Gasteiger partial charge in [-0.1, -0.05) is 18.9 Å². The standard InChI is InChI=1S/C28H25N9O/c38-28(16-5-1-2-6-16)32-18-11-17(12-29-13-18)20-8-9-22-25(33-20)26(37-36-22)27-34-23-15-30-14-19(24(23)35-27)21-7-3-4-10-31-21/h3-4,7-16,28,32,38H,1-2,5-6H2,(H,34,35)(H,36,37). The lowest BCUT2D eigenvalue weighted by molar-refractivity contribution is 0.137. The Bertz CT molecular complexity index is 1740. The maximum absolute atomic E-state index is 10.6. The largest absolute Gasteiger partial charge is 0.374 e. The third-order valence-electron chi connectivity index (χ3n) is 7.16. The van der Waals surface area contributed by atoms with E-state index in [0.29, 0.717) is 17.0 Å². The van der Waals surface area contributed by atoms with Crippen LogP contribution in [0.4, 0.5) is 5.69 Å². The molecule has 4 N–H and O–H groups in total. The van der Waals surface area contributed by atoms with Gasteiger partial charge in [-0.3, -0.25) is 20.1 Å². The van der Waals surface area contributed by atoms with Gasteiger partial charge in [0.05, 0.1) is 40.5 Å². The molecule has 6 aromatic heterocycles. The molecule has 10 heteroatoms. The maximum atomic E-state index is 10.6. The average Bonchev–Trinajstić information content (AvgIpc) is 3.73. The van der Waals surface area contributed by atoms with E-state index >= 15 is 0 Å². The van der Waals surface area contributed by atoms with Gasteiger partial charge in [-0.25, -0.2) is 9.97 Å². The van der Waals surface area contributed by atoms with Crippen LogP contribution in [0.2, 0.25) is 0 Å². The Morgan fingerprint density at radius 1 is 0.895 bits per heavy atom. The van der Waals surface area contributed by atoms with E-state index in [1.165, 1.54) is 12.8 Å². The Hall–Kier alpha value is -4.70. The second kappa shape index (κ2) is 9.31. The van der Waals surface area contributed by atoms with Crippen molar-refractivity contribution in [2.75, 3.05) is 5.32 Å². The highest BCUT2D eigenvalue weighted by atomic mass is 16.3. The number of imidazole rings is 1. The summed E-state index contributed by atoms with van der Waals surface area (Å²) in [5, 5.41) is 21.4. The minimum absolute atomic E-state index is 0.277. The Labute approximate surface area is 217 Å². The normalized spacial score (nSPS) is 14.9. The summed E-state index contributed by atoms with van der Waals surface area (Å²) in [5.41, 5.74) is 7.66. The van der Waals surface area contributed by atoms with Crippen LogP contribution < -0.4 is 5.32 Å². The Balaban J connectivity index is 1.24. The van der Waals surface area contributed by atoms with Gasteiger partial charge in [-0.05, 0) is 43.2 Å². The molecule has 6 aromatic rings. The second-order valence-corrected chi connectivity index (χ2v) is 9.64. The van der Waals surface area contributed by atoms with Gasteiger partial charge >= 0.3 is 0 Å². The van der Waals surface area contributed by atoms with Gasteiger partial charge in [0, 0.05) is 35.6 Å². The van der Waals surface area contributed by atoms with Crippen molar-refractivity contribution in [1.29, 1.82) is 0 Å². The number of H-pyrrole nitrogens is 2. The highest BCUT2D eigenvalue weighted by molar-refractivity contribution is 5.95. The SMILES string of the molecule is OC(Nc1cncc(-c2ccc3[nH]nc(-c4nc5c(-c6ccccn6)cncc5[nH]4)c3n2)c1)C1CCCC1. The summed E-state index contributed by atoms with van der Waals surface area (Å²) in [4.78, 5) is 26.3. The smallest absolute Gasteiger partial charge is 0.161 e. The van der Waals surface area contributed by atoms with Crippen molar-refractivity contribution in [3.63, 3.8) is 0 Å². The van der Waals surface area contributed by atoms with Crippen LogP contribution in [-0.4, -0.2) is 51.4 Å². The van der Waals surface area contributed by atoms with E-state index in [1.54, 1.807) is 31.0 Å². The summed E-state index contributed by atoms with van der Waals surface area (Å²) in [6.45, 7) is 0. The number of fused-ring (bicyclic) bond motifs is 2. The van der Waals surface area contributed by atoms with Crippen LogP contribution in [0.1, 0.15) is 25.7 Å². The molecule has 0 aromatic carbocycles. The van der Waals surface area contributed by atoms with Crippen LogP contribution in [0.5, 0.6) is 0 Å². The molecule has 1 atom stereocenters.